The Labute approximate surface area is 114 Å². The summed E-state index contributed by atoms with van der Waals surface area (Å²) >= 11 is 0. The first-order valence-corrected chi connectivity index (χ1v) is 6.57. The zero-order valence-corrected chi connectivity index (χ0v) is 11.6. The van der Waals surface area contributed by atoms with E-state index in [1.165, 1.54) is 5.69 Å². The molecule has 1 aromatic heterocycles. The highest BCUT2D eigenvalue weighted by atomic mass is 15.3. The third-order valence-electron chi connectivity index (χ3n) is 3.13. The predicted octanol–water partition coefficient (Wildman–Crippen LogP) is 1.43. The van der Waals surface area contributed by atoms with E-state index in [4.69, 9.17) is 0 Å². The molecule has 0 bridgehead atoms. The molecule has 0 amide bonds. The predicted molar refractivity (Wildman–Crippen MR) is 77.0 cm³/mol. The van der Waals surface area contributed by atoms with Crippen molar-refractivity contribution in [1.82, 2.24) is 20.1 Å². The summed E-state index contributed by atoms with van der Waals surface area (Å²) < 4.78 is 1.93. The lowest BCUT2D eigenvalue weighted by Gasteiger charge is -2.19. The van der Waals surface area contributed by atoms with Gasteiger partial charge in [0.05, 0.1) is 6.54 Å². The molecule has 1 aromatic carbocycles. The SMILES string of the molecule is CN(CCCNCc1nncn1C)c1ccccc1. The first kappa shape index (κ1) is 13.5. The first-order chi connectivity index (χ1) is 9.27. The summed E-state index contributed by atoms with van der Waals surface area (Å²) in [5, 5.41) is 11.3. The van der Waals surface area contributed by atoms with Crippen LogP contribution in [0.3, 0.4) is 0 Å². The van der Waals surface area contributed by atoms with Crippen LogP contribution in [0.5, 0.6) is 0 Å². The number of benzene rings is 1. The van der Waals surface area contributed by atoms with Crippen molar-refractivity contribution >= 4 is 5.69 Å². The molecule has 0 fully saturated rings. The fourth-order valence-corrected chi connectivity index (χ4v) is 1.92. The molecule has 0 saturated carbocycles. The molecular formula is C14H21N5. The van der Waals surface area contributed by atoms with Crippen molar-refractivity contribution in [3.8, 4) is 0 Å². The number of nitrogens with one attached hydrogen (secondary N) is 1. The van der Waals surface area contributed by atoms with Gasteiger partial charge >= 0.3 is 0 Å². The standard InChI is InChI=1S/C14H21N5/c1-18(13-7-4-3-5-8-13)10-6-9-15-11-14-17-16-12-19(14)2/h3-5,7-8,12,15H,6,9-11H2,1-2H3. The fourth-order valence-electron chi connectivity index (χ4n) is 1.92. The van der Waals surface area contributed by atoms with Crippen molar-refractivity contribution in [1.29, 1.82) is 0 Å². The van der Waals surface area contributed by atoms with Crippen LogP contribution in [0.15, 0.2) is 36.7 Å². The van der Waals surface area contributed by atoms with E-state index >= 15 is 0 Å². The van der Waals surface area contributed by atoms with Crippen LogP contribution in [0.1, 0.15) is 12.2 Å². The molecule has 0 atom stereocenters. The normalized spacial score (nSPS) is 10.6. The summed E-state index contributed by atoms with van der Waals surface area (Å²) in [6.45, 7) is 2.78. The van der Waals surface area contributed by atoms with Crippen LogP contribution < -0.4 is 10.2 Å². The van der Waals surface area contributed by atoms with Crippen LogP contribution in [0.4, 0.5) is 5.69 Å². The molecule has 0 radical (unpaired) electrons. The number of hydrogen-bond donors (Lipinski definition) is 1. The van der Waals surface area contributed by atoms with E-state index in [9.17, 15) is 0 Å². The van der Waals surface area contributed by atoms with E-state index < -0.39 is 0 Å². The molecule has 19 heavy (non-hydrogen) atoms. The maximum absolute atomic E-state index is 4.04. The first-order valence-electron chi connectivity index (χ1n) is 6.57. The Hall–Kier alpha value is -1.88. The number of aromatic nitrogens is 3. The number of hydrogen-bond acceptors (Lipinski definition) is 4. The summed E-state index contributed by atoms with van der Waals surface area (Å²) in [7, 11) is 4.08. The van der Waals surface area contributed by atoms with E-state index in [0.717, 1.165) is 31.9 Å². The van der Waals surface area contributed by atoms with Crippen molar-refractivity contribution in [2.45, 2.75) is 13.0 Å². The molecule has 0 aliphatic heterocycles. The van der Waals surface area contributed by atoms with Crippen LogP contribution >= 0.6 is 0 Å². The third-order valence-corrected chi connectivity index (χ3v) is 3.13. The molecule has 1 heterocycles. The lowest BCUT2D eigenvalue weighted by molar-refractivity contribution is 0.611. The van der Waals surface area contributed by atoms with E-state index in [-0.39, 0.29) is 0 Å². The van der Waals surface area contributed by atoms with Gasteiger partial charge in [-0.05, 0) is 25.1 Å². The quantitative estimate of drug-likeness (QED) is 0.764. The topological polar surface area (TPSA) is 46.0 Å². The molecule has 0 spiro atoms. The largest absolute Gasteiger partial charge is 0.375 e. The van der Waals surface area contributed by atoms with E-state index in [1.54, 1.807) is 6.33 Å². The Morgan fingerprint density at radius 3 is 2.74 bits per heavy atom. The van der Waals surface area contributed by atoms with Gasteiger partial charge < -0.3 is 14.8 Å². The molecule has 0 unspecified atom stereocenters. The van der Waals surface area contributed by atoms with Gasteiger partial charge in [0.2, 0.25) is 0 Å². The Morgan fingerprint density at radius 2 is 2.05 bits per heavy atom. The maximum atomic E-state index is 4.04. The van der Waals surface area contributed by atoms with Gasteiger partial charge in [-0.2, -0.15) is 0 Å². The second-order valence-corrected chi connectivity index (χ2v) is 4.65. The molecule has 102 valence electrons. The van der Waals surface area contributed by atoms with E-state index in [0.29, 0.717) is 0 Å². The lowest BCUT2D eigenvalue weighted by atomic mass is 10.3. The highest BCUT2D eigenvalue weighted by molar-refractivity contribution is 5.44. The maximum Gasteiger partial charge on any atom is 0.146 e. The summed E-state index contributed by atoms with van der Waals surface area (Å²) in [5.74, 6) is 0.969. The van der Waals surface area contributed by atoms with Crippen LogP contribution in [0.25, 0.3) is 0 Å². The second-order valence-electron chi connectivity index (χ2n) is 4.65. The second kappa shape index (κ2) is 6.89. The zero-order valence-electron chi connectivity index (χ0n) is 11.6. The van der Waals surface area contributed by atoms with Gasteiger partial charge in [0.25, 0.3) is 0 Å². The van der Waals surface area contributed by atoms with Crippen molar-refractivity contribution in [3.63, 3.8) is 0 Å². The fraction of sp³-hybridized carbons (Fsp3) is 0.429. The van der Waals surface area contributed by atoms with Crippen molar-refractivity contribution in [2.24, 2.45) is 7.05 Å². The van der Waals surface area contributed by atoms with E-state index in [1.807, 2.05) is 17.7 Å². The minimum atomic E-state index is 0.769. The van der Waals surface area contributed by atoms with Gasteiger partial charge in [0.15, 0.2) is 0 Å². The minimum absolute atomic E-state index is 0.769. The summed E-state index contributed by atoms with van der Waals surface area (Å²) in [4.78, 5) is 2.27. The highest BCUT2D eigenvalue weighted by Gasteiger charge is 2.01. The number of rotatable bonds is 7. The summed E-state index contributed by atoms with van der Waals surface area (Å²) in [6.07, 6.45) is 2.82. The number of anilines is 1. The van der Waals surface area contributed by atoms with Crippen LogP contribution in [-0.4, -0.2) is 34.9 Å². The number of para-hydroxylation sites is 1. The van der Waals surface area contributed by atoms with Crippen LogP contribution in [0, 0.1) is 0 Å². The molecular weight excluding hydrogens is 238 g/mol. The van der Waals surface area contributed by atoms with Crippen molar-refractivity contribution in [3.05, 3.63) is 42.5 Å². The zero-order chi connectivity index (χ0) is 13.5. The minimum Gasteiger partial charge on any atom is -0.375 e. The Kier molecular flexibility index (Phi) is 4.92. The molecule has 0 saturated heterocycles. The molecule has 0 aliphatic carbocycles. The smallest absolute Gasteiger partial charge is 0.146 e. The van der Waals surface area contributed by atoms with Gasteiger partial charge in [-0.25, -0.2) is 0 Å². The number of nitrogens with zero attached hydrogens (tertiary/aromatic N) is 4. The highest BCUT2D eigenvalue weighted by Crippen LogP contribution is 2.10. The molecule has 2 rings (SSSR count). The third kappa shape index (κ3) is 4.06. The van der Waals surface area contributed by atoms with Gasteiger partial charge in [-0.15, -0.1) is 10.2 Å². The van der Waals surface area contributed by atoms with Gasteiger partial charge in [0.1, 0.15) is 12.2 Å². The molecule has 2 aromatic rings. The molecule has 5 heteroatoms. The van der Waals surface area contributed by atoms with E-state index in [2.05, 4.69) is 51.7 Å². The molecule has 0 aliphatic rings. The van der Waals surface area contributed by atoms with Gasteiger partial charge in [-0.3, -0.25) is 0 Å². The monoisotopic (exact) mass is 259 g/mol. The van der Waals surface area contributed by atoms with Crippen LogP contribution in [0.2, 0.25) is 0 Å². The van der Waals surface area contributed by atoms with Gasteiger partial charge in [-0.1, -0.05) is 18.2 Å². The van der Waals surface area contributed by atoms with Crippen LogP contribution in [-0.2, 0) is 13.6 Å². The van der Waals surface area contributed by atoms with Crippen molar-refractivity contribution < 1.29 is 0 Å². The summed E-state index contributed by atoms with van der Waals surface area (Å²) in [6, 6.07) is 10.4. The molecule has 5 nitrogen and oxygen atoms in total. The average Bonchev–Trinajstić information content (AvgIpc) is 2.85. The average molecular weight is 259 g/mol. The summed E-state index contributed by atoms with van der Waals surface area (Å²) in [5.41, 5.74) is 1.26. The van der Waals surface area contributed by atoms with Gasteiger partial charge in [0, 0.05) is 26.3 Å². The van der Waals surface area contributed by atoms with Crippen molar-refractivity contribution in [2.75, 3.05) is 25.0 Å². The Balaban J connectivity index is 1.63. The lowest BCUT2D eigenvalue weighted by Crippen LogP contribution is -2.24. The molecule has 1 N–H and O–H groups in total. The Bertz CT molecular complexity index is 480. The number of aryl methyl sites for hydroxylation is 1. The Morgan fingerprint density at radius 1 is 1.26 bits per heavy atom.